The molecule has 13 heavy (non-hydrogen) atoms. The van der Waals surface area contributed by atoms with E-state index in [9.17, 15) is 8.42 Å². The molecule has 0 radical (unpaired) electrons. The summed E-state index contributed by atoms with van der Waals surface area (Å²) in [6.07, 6.45) is 0.716. The fraction of sp³-hybridized carbons (Fsp3) is 0.778. The standard InChI is InChI=1S/C9H17NO2S/c1-7(2)8(3)10-9-4-5-13(11,12)6-9/h7,9-10H,3-6H2,1-2H3. The third-order valence-electron chi connectivity index (χ3n) is 2.32. The predicted molar refractivity (Wildman–Crippen MR) is 54.2 cm³/mol. The molecular weight excluding hydrogens is 186 g/mol. The largest absolute Gasteiger partial charge is 0.385 e. The van der Waals surface area contributed by atoms with Crippen LogP contribution < -0.4 is 5.32 Å². The van der Waals surface area contributed by atoms with Crippen LogP contribution in [-0.2, 0) is 9.84 Å². The lowest BCUT2D eigenvalue weighted by molar-refractivity contribution is 0.564. The van der Waals surface area contributed by atoms with Crippen molar-refractivity contribution in [2.75, 3.05) is 11.5 Å². The Morgan fingerprint density at radius 3 is 2.54 bits per heavy atom. The van der Waals surface area contributed by atoms with Gasteiger partial charge in [0.15, 0.2) is 9.84 Å². The van der Waals surface area contributed by atoms with Gasteiger partial charge in [-0.2, -0.15) is 0 Å². The van der Waals surface area contributed by atoms with Gasteiger partial charge in [0.05, 0.1) is 11.5 Å². The Labute approximate surface area is 80.1 Å². The van der Waals surface area contributed by atoms with Crippen LogP contribution in [-0.4, -0.2) is 26.0 Å². The molecule has 1 fully saturated rings. The third-order valence-corrected chi connectivity index (χ3v) is 4.09. The topological polar surface area (TPSA) is 46.2 Å². The molecule has 0 bridgehead atoms. The van der Waals surface area contributed by atoms with Crippen LogP contribution in [0.4, 0.5) is 0 Å². The molecule has 1 aliphatic heterocycles. The number of hydrogen-bond acceptors (Lipinski definition) is 3. The molecule has 1 heterocycles. The highest BCUT2D eigenvalue weighted by Gasteiger charge is 2.27. The molecule has 1 N–H and O–H groups in total. The second kappa shape index (κ2) is 3.70. The first-order valence-electron chi connectivity index (χ1n) is 4.56. The molecule has 0 aromatic rings. The van der Waals surface area contributed by atoms with Crippen molar-refractivity contribution in [3.8, 4) is 0 Å². The van der Waals surface area contributed by atoms with Crippen molar-refractivity contribution in [2.24, 2.45) is 5.92 Å². The molecule has 1 aliphatic rings. The number of nitrogens with one attached hydrogen (secondary N) is 1. The lowest BCUT2D eigenvalue weighted by Crippen LogP contribution is -2.30. The average molecular weight is 203 g/mol. The zero-order valence-corrected chi connectivity index (χ0v) is 9.02. The molecular formula is C9H17NO2S. The van der Waals surface area contributed by atoms with Crippen LogP contribution in [0.1, 0.15) is 20.3 Å². The second-order valence-electron chi connectivity index (χ2n) is 3.92. The first-order valence-corrected chi connectivity index (χ1v) is 6.38. The van der Waals surface area contributed by atoms with Crippen molar-refractivity contribution < 1.29 is 8.42 Å². The molecule has 0 saturated carbocycles. The molecule has 0 spiro atoms. The van der Waals surface area contributed by atoms with Crippen LogP contribution in [0.2, 0.25) is 0 Å². The van der Waals surface area contributed by atoms with E-state index in [0.717, 1.165) is 5.70 Å². The summed E-state index contributed by atoms with van der Waals surface area (Å²) in [5, 5.41) is 3.16. The van der Waals surface area contributed by atoms with Gasteiger partial charge in [-0.15, -0.1) is 0 Å². The molecule has 1 unspecified atom stereocenters. The Bertz CT molecular complexity index is 293. The summed E-state index contributed by atoms with van der Waals surface area (Å²) in [7, 11) is -2.77. The third kappa shape index (κ3) is 3.03. The van der Waals surface area contributed by atoms with Crippen LogP contribution in [0.15, 0.2) is 12.3 Å². The van der Waals surface area contributed by atoms with Gasteiger partial charge in [-0.05, 0) is 12.3 Å². The monoisotopic (exact) mass is 203 g/mol. The summed E-state index contributed by atoms with van der Waals surface area (Å²) in [5.41, 5.74) is 0.933. The molecule has 1 atom stereocenters. The Morgan fingerprint density at radius 2 is 2.15 bits per heavy atom. The molecule has 0 aromatic carbocycles. The van der Waals surface area contributed by atoms with Crippen molar-refractivity contribution in [2.45, 2.75) is 26.3 Å². The van der Waals surface area contributed by atoms with Crippen LogP contribution in [0, 0.1) is 5.92 Å². The minimum atomic E-state index is -2.77. The Kier molecular flexibility index (Phi) is 3.01. The van der Waals surface area contributed by atoms with Gasteiger partial charge < -0.3 is 5.32 Å². The average Bonchev–Trinajstić information content (AvgIpc) is 2.30. The highest BCUT2D eigenvalue weighted by molar-refractivity contribution is 7.91. The van der Waals surface area contributed by atoms with E-state index >= 15 is 0 Å². The van der Waals surface area contributed by atoms with Crippen molar-refractivity contribution >= 4 is 9.84 Å². The maximum Gasteiger partial charge on any atom is 0.152 e. The van der Waals surface area contributed by atoms with Gasteiger partial charge in [0.2, 0.25) is 0 Å². The lowest BCUT2D eigenvalue weighted by Gasteiger charge is -2.17. The van der Waals surface area contributed by atoms with Gasteiger partial charge >= 0.3 is 0 Å². The van der Waals surface area contributed by atoms with Crippen molar-refractivity contribution in [3.05, 3.63) is 12.3 Å². The Hall–Kier alpha value is -0.510. The normalized spacial score (nSPS) is 26.2. The maximum atomic E-state index is 11.1. The van der Waals surface area contributed by atoms with E-state index in [1.165, 1.54) is 0 Å². The highest BCUT2D eigenvalue weighted by atomic mass is 32.2. The molecule has 0 aliphatic carbocycles. The van der Waals surface area contributed by atoms with Gasteiger partial charge in [0.1, 0.15) is 0 Å². The first-order chi connectivity index (χ1) is 5.91. The highest BCUT2D eigenvalue weighted by Crippen LogP contribution is 2.14. The maximum absolute atomic E-state index is 11.1. The fourth-order valence-corrected chi connectivity index (χ4v) is 3.01. The van der Waals surface area contributed by atoms with Crippen molar-refractivity contribution in [1.82, 2.24) is 5.32 Å². The van der Waals surface area contributed by atoms with Crippen LogP contribution >= 0.6 is 0 Å². The summed E-state index contributed by atoms with van der Waals surface area (Å²) in [6, 6.07) is 0.0832. The fourth-order valence-electron chi connectivity index (χ4n) is 1.34. The molecule has 1 rings (SSSR count). The van der Waals surface area contributed by atoms with Crippen molar-refractivity contribution in [3.63, 3.8) is 0 Å². The second-order valence-corrected chi connectivity index (χ2v) is 6.15. The number of allylic oxidation sites excluding steroid dienone is 1. The molecule has 3 nitrogen and oxygen atoms in total. The minimum Gasteiger partial charge on any atom is -0.385 e. The Morgan fingerprint density at radius 1 is 1.54 bits per heavy atom. The quantitative estimate of drug-likeness (QED) is 0.742. The summed E-state index contributed by atoms with van der Waals surface area (Å²) >= 11 is 0. The predicted octanol–water partition coefficient (Wildman–Crippen LogP) is 0.933. The van der Waals surface area contributed by atoms with Gasteiger partial charge in [0.25, 0.3) is 0 Å². The van der Waals surface area contributed by atoms with E-state index in [-0.39, 0.29) is 11.8 Å². The van der Waals surface area contributed by atoms with E-state index < -0.39 is 9.84 Å². The van der Waals surface area contributed by atoms with E-state index in [4.69, 9.17) is 0 Å². The SMILES string of the molecule is C=C(NC1CCS(=O)(=O)C1)C(C)C. The zero-order chi connectivity index (χ0) is 10.1. The summed E-state index contributed by atoms with van der Waals surface area (Å²) in [4.78, 5) is 0. The number of sulfone groups is 1. The first kappa shape index (κ1) is 10.6. The molecule has 4 heteroatoms. The van der Waals surface area contributed by atoms with Crippen LogP contribution in [0.5, 0.6) is 0 Å². The van der Waals surface area contributed by atoms with E-state index in [0.29, 0.717) is 18.1 Å². The van der Waals surface area contributed by atoms with Gasteiger partial charge in [-0.25, -0.2) is 8.42 Å². The molecule has 1 saturated heterocycles. The van der Waals surface area contributed by atoms with Crippen LogP contribution in [0.3, 0.4) is 0 Å². The van der Waals surface area contributed by atoms with E-state index in [1.807, 2.05) is 13.8 Å². The number of rotatable bonds is 3. The van der Waals surface area contributed by atoms with Gasteiger partial charge in [0, 0.05) is 11.7 Å². The Balaban J connectivity index is 2.46. The van der Waals surface area contributed by atoms with Gasteiger partial charge in [-0.3, -0.25) is 0 Å². The van der Waals surface area contributed by atoms with Crippen LogP contribution in [0.25, 0.3) is 0 Å². The summed E-state index contributed by atoms with van der Waals surface area (Å²) in [5.74, 6) is 0.942. The summed E-state index contributed by atoms with van der Waals surface area (Å²) in [6.45, 7) is 7.94. The molecule has 0 amide bonds. The minimum absolute atomic E-state index is 0.0832. The molecule has 76 valence electrons. The van der Waals surface area contributed by atoms with E-state index in [1.54, 1.807) is 0 Å². The zero-order valence-electron chi connectivity index (χ0n) is 8.21. The lowest BCUT2D eigenvalue weighted by atomic mass is 10.1. The van der Waals surface area contributed by atoms with Crippen molar-refractivity contribution in [1.29, 1.82) is 0 Å². The van der Waals surface area contributed by atoms with Gasteiger partial charge in [-0.1, -0.05) is 20.4 Å². The molecule has 0 aromatic heterocycles. The van der Waals surface area contributed by atoms with E-state index in [2.05, 4.69) is 11.9 Å². The summed E-state index contributed by atoms with van der Waals surface area (Å²) < 4.78 is 22.2. The number of hydrogen-bond donors (Lipinski definition) is 1. The smallest absolute Gasteiger partial charge is 0.152 e.